The van der Waals surface area contributed by atoms with E-state index in [0.717, 1.165) is 12.8 Å². The third-order valence-corrected chi connectivity index (χ3v) is 3.52. The number of carboxylic acid groups (broad SMARTS) is 1. The normalized spacial score (nSPS) is 19.4. The molecule has 1 amide bonds. The van der Waals surface area contributed by atoms with E-state index >= 15 is 0 Å². The second-order valence-corrected chi connectivity index (χ2v) is 5.49. The van der Waals surface area contributed by atoms with E-state index in [1.807, 2.05) is 6.92 Å². The Kier molecular flexibility index (Phi) is 5.13. The number of carbonyl (C=O) groups excluding carboxylic acids is 1. The largest absolute Gasteiger partial charge is 0.508 e. The first-order valence-corrected chi connectivity index (χ1v) is 7.41. The number of aliphatic imine (C=N–C) groups is 1. The van der Waals surface area contributed by atoms with Crippen LogP contribution in [0.25, 0.3) is 0 Å². The highest BCUT2D eigenvalue weighted by atomic mass is 16.4. The predicted octanol–water partition coefficient (Wildman–Crippen LogP) is 1.92. The van der Waals surface area contributed by atoms with Crippen LogP contribution >= 0.6 is 0 Å². The maximum atomic E-state index is 12.2. The molecule has 0 aliphatic carbocycles. The molecule has 122 valence electrons. The van der Waals surface area contributed by atoms with E-state index in [-0.39, 0.29) is 22.5 Å². The molecule has 0 spiro atoms. The second kappa shape index (κ2) is 7.06. The zero-order valence-corrected chi connectivity index (χ0v) is 12.9. The number of hydrogen-bond donors (Lipinski definition) is 3. The van der Waals surface area contributed by atoms with Crippen LogP contribution in [0.1, 0.15) is 19.8 Å². The van der Waals surface area contributed by atoms with Crippen molar-refractivity contribution in [3.63, 3.8) is 0 Å². The molecule has 0 fully saturated rings. The molecule has 0 saturated heterocycles. The van der Waals surface area contributed by atoms with Crippen molar-refractivity contribution in [3.8, 4) is 5.75 Å². The Hall–Kier alpha value is -2.67. The van der Waals surface area contributed by atoms with Gasteiger partial charge in [0.15, 0.2) is 18.6 Å². The van der Waals surface area contributed by atoms with Crippen molar-refractivity contribution in [2.75, 3.05) is 18.4 Å². The van der Waals surface area contributed by atoms with Crippen LogP contribution in [0.2, 0.25) is 0 Å². The van der Waals surface area contributed by atoms with Crippen molar-refractivity contribution >= 4 is 23.9 Å². The first-order valence-electron chi connectivity index (χ1n) is 7.41. The predicted molar refractivity (Wildman–Crippen MR) is 85.8 cm³/mol. The first-order chi connectivity index (χ1) is 10.9. The maximum absolute atomic E-state index is 12.2. The van der Waals surface area contributed by atoms with Crippen molar-refractivity contribution in [2.45, 2.75) is 19.8 Å². The van der Waals surface area contributed by atoms with Crippen LogP contribution in [-0.4, -0.2) is 46.0 Å². The minimum absolute atomic E-state index is 0.0432. The molecule has 7 heteroatoms. The molecule has 1 atom stereocenters. The summed E-state index contributed by atoms with van der Waals surface area (Å²) in [7, 11) is 0. The fourth-order valence-corrected chi connectivity index (χ4v) is 2.34. The molecule has 1 heterocycles. The number of anilines is 1. The van der Waals surface area contributed by atoms with Gasteiger partial charge in [-0.3, -0.25) is 4.79 Å². The lowest BCUT2D eigenvalue weighted by atomic mass is 10.2. The number of rotatable bonds is 7. The van der Waals surface area contributed by atoms with Gasteiger partial charge in [-0.15, -0.1) is 0 Å². The van der Waals surface area contributed by atoms with Crippen LogP contribution in [0, 0.1) is 0 Å². The molecule has 1 aliphatic heterocycles. The minimum Gasteiger partial charge on any atom is -0.508 e. The van der Waals surface area contributed by atoms with Gasteiger partial charge in [-0.2, -0.15) is 4.99 Å². The van der Waals surface area contributed by atoms with E-state index < -0.39 is 11.9 Å². The van der Waals surface area contributed by atoms with Gasteiger partial charge in [0.05, 0.1) is 6.54 Å². The fraction of sp³-hybridized carbons (Fsp3) is 0.312. The standard InChI is InChI=1S/C16H19N3O4/c1-2-3-8-19(10-15(21)22)9-14(17-11-19)16(23)18-12-4-6-13(20)7-5-12/h4-7,9,11H,2-3,8,10H2,1H3,(H2-,18,20,21,22,23)/p+1. The number of hydrogen-bond acceptors (Lipinski definition) is 4. The molecule has 1 aromatic rings. The number of benzene rings is 1. The second-order valence-electron chi connectivity index (χ2n) is 5.49. The molecule has 1 unspecified atom stereocenters. The van der Waals surface area contributed by atoms with Gasteiger partial charge in [-0.1, -0.05) is 13.3 Å². The molecule has 1 aliphatic rings. The van der Waals surface area contributed by atoms with Crippen LogP contribution in [0.4, 0.5) is 5.69 Å². The summed E-state index contributed by atoms with van der Waals surface area (Å²) in [6, 6.07) is 6.08. The first kappa shape index (κ1) is 16.7. The highest BCUT2D eigenvalue weighted by Gasteiger charge is 2.33. The average molecular weight is 318 g/mol. The number of nitrogens with zero attached hydrogens (tertiary/aromatic N) is 2. The maximum Gasteiger partial charge on any atom is 0.360 e. The fourth-order valence-electron chi connectivity index (χ4n) is 2.34. The number of nitrogens with one attached hydrogen (secondary N) is 1. The summed E-state index contributed by atoms with van der Waals surface area (Å²) in [5.74, 6) is -1.24. The van der Waals surface area contributed by atoms with Crippen molar-refractivity contribution < 1.29 is 24.3 Å². The zero-order chi connectivity index (χ0) is 16.9. The Morgan fingerprint density at radius 3 is 2.57 bits per heavy atom. The van der Waals surface area contributed by atoms with Gasteiger partial charge >= 0.3 is 5.97 Å². The molecule has 3 N–H and O–H groups in total. The number of quaternary nitrogens is 1. The van der Waals surface area contributed by atoms with Crippen molar-refractivity contribution in [2.24, 2.45) is 4.99 Å². The lowest BCUT2D eigenvalue weighted by Gasteiger charge is -2.25. The number of unbranched alkanes of at least 4 members (excludes halogenated alkanes) is 1. The third-order valence-electron chi connectivity index (χ3n) is 3.52. The number of aliphatic carboxylic acids is 1. The Labute approximate surface area is 134 Å². The average Bonchev–Trinajstić information content (AvgIpc) is 2.91. The molecule has 2 rings (SSSR count). The van der Waals surface area contributed by atoms with Gasteiger partial charge in [0, 0.05) is 5.69 Å². The molecule has 1 aromatic carbocycles. The van der Waals surface area contributed by atoms with E-state index in [2.05, 4.69) is 10.3 Å². The van der Waals surface area contributed by atoms with Gasteiger partial charge in [0.1, 0.15) is 11.9 Å². The zero-order valence-electron chi connectivity index (χ0n) is 12.9. The van der Waals surface area contributed by atoms with Crippen molar-refractivity contribution in [1.29, 1.82) is 0 Å². The summed E-state index contributed by atoms with van der Waals surface area (Å²) in [6.45, 7) is 2.47. The van der Waals surface area contributed by atoms with E-state index in [0.29, 0.717) is 12.2 Å². The van der Waals surface area contributed by atoms with Crippen LogP contribution in [0.3, 0.4) is 0 Å². The molecule has 0 saturated carbocycles. The van der Waals surface area contributed by atoms with E-state index in [9.17, 15) is 14.7 Å². The highest BCUT2D eigenvalue weighted by molar-refractivity contribution is 6.04. The number of carbonyl (C=O) groups is 2. The molecule has 0 radical (unpaired) electrons. The Balaban J connectivity index is 2.12. The molecular weight excluding hydrogens is 298 g/mol. The quantitative estimate of drug-likeness (QED) is 0.528. The summed E-state index contributed by atoms with van der Waals surface area (Å²) in [6.07, 6.45) is 4.86. The minimum atomic E-state index is -0.941. The monoisotopic (exact) mass is 318 g/mol. The molecule has 7 nitrogen and oxygen atoms in total. The molecule has 23 heavy (non-hydrogen) atoms. The van der Waals surface area contributed by atoms with E-state index in [1.165, 1.54) is 18.5 Å². The Bertz CT molecular complexity index is 652. The topological polar surface area (TPSA) is 99.0 Å². The number of phenols is 1. The number of phenolic OH excluding ortho intramolecular Hbond substituents is 1. The van der Waals surface area contributed by atoms with Crippen LogP contribution in [-0.2, 0) is 9.59 Å². The summed E-state index contributed by atoms with van der Waals surface area (Å²) >= 11 is 0. The number of carboxylic acids is 1. The Morgan fingerprint density at radius 1 is 1.26 bits per heavy atom. The smallest absolute Gasteiger partial charge is 0.360 e. The SMILES string of the molecule is CCCC[N+]1(CC(=O)O)C=NC(C(=O)Nc2ccc(O)cc2)=C1. The summed E-state index contributed by atoms with van der Waals surface area (Å²) < 4.78 is 0.0432. The molecule has 0 bridgehead atoms. The van der Waals surface area contributed by atoms with Gasteiger partial charge in [-0.25, -0.2) is 9.28 Å². The van der Waals surface area contributed by atoms with Crippen molar-refractivity contribution in [1.82, 2.24) is 0 Å². The highest BCUT2D eigenvalue weighted by Crippen LogP contribution is 2.20. The van der Waals surface area contributed by atoms with E-state index in [4.69, 9.17) is 5.11 Å². The van der Waals surface area contributed by atoms with Crippen LogP contribution in [0.15, 0.2) is 41.2 Å². The molecular formula is C16H20N3O4+. The van der Waals surface area contributed by atoms with Gasteiger partial charge in [0.2, 0.25) is 0 Å². The van der Waals surface area contributed by atoms with Crippen molar-refractivity contribution in [3.05, 3.63) is 36.2 Å². The Morgan fingerprint density at radius 2 is 1.96 bits per heavy atom. The summed E-state index contributed by atoms with van der Waals surface area (Å²) in [5, 5.41) is 21.0. The van der Waals surface area contributed by atoms with Gasteiger partial charge < -0.3 is 15.5 Å². The lowest BCUT2D eigenvalue weighted by molar-refractivity contribution is -0.771. The summed E-state index contributed by atoms with van der Waals surface area (Å²) in [5.41, 5.74) is 0.719. The number of aromatic hydroxyl groups is 1. The summed E-state index contributed by atoms with van der Waals surface area (Å²) in [4.78, 5) is 27.4. The number of amides is 1. The van der Waals surface area contributed by atoms with Crippen LogP contribution in [0.5, 0.6) is 5.75 Å². The van der Waals surface area contributed by atoms with E-state index in [1.54, 1.807) is 18.3 Å². The third kappa shape index (κ3) is 4.40. The lowest BCUT2D eigenvalue weighted by Crippen LogP contribution is -2.44. The van der Waals surface area contributed by atoms with Gasteiger partial charge in [-0.05, 0) is 30.7 Å². The van der Waals surface area contributed by atoms with Gasteiger partial charge in [0.25, 0.3) is 5.91 Å². The molecule has 0 aromatic heterocycles. The van der Waals surface area contributed by atoms with Crippen LogP contribution < -0.4 is 5.32 Å².